The fourth-order valence-electron chi connectivity index (χ4n) is 3.57. The van der Waals surface area contributed by atoms with Crippen LogP contribution in [0.2, 0.25) is 0 Å². The molecular weight excluding hydrogens is 458 g/mol. The van der Waals surface area contributed by atoms with Gasteiger partial charge in [-0.25, -0.2) is 0 Å². The van der Waals surface area contributed by atoms with Crippen LogP contribution in [-0.2, 0) is 27.2 Å². The molecule has 0 N–H and O–H groups in total. The highest BCUT2D eigenvalue weighted by atomic mass is 31.2. The zero-order valence-corrected chi connectivity index (χ0v) is 22.0. The van der Waals surface area contributed by atoms with Crippen LogP contribution in [0, 0.1) is 6.92 Å². The minimum Gasteiger partial charge on any atom is -0.308 e. The molecule has 0 bridgehead atoms. The highest BCUT2D eigenvalue weighted by molar-refractivity contribution is 7.72. The van der Waals surface area contributed by atoms with Crippen LogP contribution in [0.3, 0.4) is 0 Å². The van der Waals surface area contributed by atoms with Gasteiger partial charge in [0.15, 0.2) is 5.40 Å². The molecular formula is C25H36O6P2. The first kappa shape index (κ1) is 27.7. The first-order valence-electron chi connectivity index (χ1n) is 11.4. The molecule has 0 unspecified atom stereocenters. The van der Waals surface area contributed by atoms with Gasteiger partial charge in [0.25, 0.3) is 0 Å². The zero-order chi connectivity index (χ0) is 24.3. The van der Waals surface area contributed by atoms with Gasteiger partial charge in [0.1, 0.15) is 0 Å². The number of allylic oxidation sites excluding steroid dienone is 1. The Labute approximate surface area is 198 Å². The van der Waals surface area contributed by atoms with Crippen molar-refractivity contribution in [2.75, 3.05) is 26.4 Å². The Kier molecular flexibility index (Phi) is 11.2. The third kappa shape index (κ3) is 7.48. The minimum absolute atomic E-state index is 0.161. The van der Waals surface area contributed by atoms with Crippen molar-refractivity contribution >= 4 is 21.3 Å². The van der Waals surface area contributed by atoms with Crippen molar-refractivity contribution in [2.45, 2.75) is 46.4 Å². The van der Waals surface area contributed by atoms with Gasteiger partial charge in [-0.3, -0.25) is 9.13 Å². The number of benzene rings is 2. The fourth-order valence-corrected chi connectivity index (χ4v) is 8.79. The molecule has 0 aliphatic carbocycles. The SMILES string of the molecule is CCOP(=O)(OCC)C(C/C=C/c1ccc(-c2ccccc2C)cc1)P(=O)(OCC)OCC. The van der Waals surface area contributed by atoms with Crippen LogP contribution >= 0.6 is 15.2 Å². The quantitative estimate of drug-likeness (QED) is 0.248. The van der Waals surface area contributed by atoms with E-state index < -0.39 is 20.6 Å². The zero-order valence-electron chi connectivity index (χ0n) is 20.2. The average molecular weight is 495 g/mol. The summed E-state index contributed by atoms with van der Waals surface area (Å²) in [6.07, 6.45) is 3.88. The predicted molar refractivity (Wildman–Crippen MR) is 136 cm³/mol. The van der Waals surface area contributed by atoms with Crippen molar-refractivity contribution in [2.24, 2.45) is 0 Å². The van der Waals surface area contributed by atoms with Gasteiger partial charge in [0.05, 0.1) is 26.4 Å². The molecule has 0 fully saturated rings. The lowest BCUT2D eigenvalue weighted by atomic mass is 9.99. The third-order valence-corrected chi connectivity index (χ3v) is 11.0. The molecule has 6 nitrogen and oxygen atoms in total. The maximum absolute atomic E-state index is 13.6. The van der Waals surface area contributed by atoms with Crippen LogP contribution in [0.25, 0.3) is 17.2 Å². The van der Waals surface area contributed by atoms with Crippen LogP contribution < -0.4 is 0 Å². The second kappa shape index (κ2) is 13.4. The van der Waals surface area contributed by atoms with Crippen LogP contribution in [0.4, 0.5) is 0 Å². The summed E-state index contributed by atoms with van der Waals surface area (Å²) in [5, 5.41) is -1.05. The molecule has 0 heterocycles. The lowest BCUT2D eigenvalue weighted by Gasteiger charge is -2.30. The predicted octanol–water partition coefficient (Wildman–Crippen LogP) is 7.92. The Morgan fingerprint density at radius 2 is 1.24 bits per heavy atom. The van der Waals surface area contributed by atoms with Gasteiger partial charge < -0.3 is 18.1 Å². The molecule has 2 aromatic rings. The molecule has 0 amide bonds. The van der Waals surface area contributed by atoms with Crippen molar-refractivity contribution in [3.8, 4) is 11.1 Å². The van der Waals surface area contributed by atoms with Gasteiger partial charge >= 0.3 is 15.2 Å². The van der Waals surface area contributed by atoms with Crippen molar-refractivity contribution in [3.05, 3.63) is 65.7 Å². The van der Waals surface area contributed by atoms with Gasteiger partial charge in [-0.2, -0.15) is 0 Å². The standard InChI is InChI=1S/C25H36O6P2/c1-6-28-32(26,29-7-2)25(33(27,30-8-3)31-9-4)16-12-14-22-17-19-23(20-18-22)24-15-11-10-13-21(24)5/h10-15,17-20,25H,6-9,16H2,1-5H3/b14-12+. The van der Waals surface area contributed by atoms with E-state index in [1.165, 1.54) is 11.1 Å². The summed E-state index contributed by atoms with van der Waals surface area (Å²) < 4.78 is 49.2. The molecule has 8 heteroatoms. The largest absolute Gasteiger partial charge is 0.346 e. The van der Waals surface area contributed by atoms with E-state index in [9.17, 15) is 9.13 Å². The Morgan fingerprint density at radius 3 is 1.70 bits per heavy atom. The Hall–Kier alpha value is -1.52. The Morgan fingerprint density at radius 1 is 0.758 bits per heavy atom. The van der Waals surface area contributed by atoms with E-state index in [0.717, 1.165) is 11.1 Å². The normalized spacial score (nSPS) is 12.7. The van der Waals surface area contributed by atoms with Crippen molar-refractivity contribution in [1.82, 2.24) is 0 Å². The minimum atomic E-state index is -3.75. The summed E-state index contributed by atoms with van der Waals surface area (Å²) >= 11 is 0. The fraction of sp³-hybridized carbons (Fsp3) is 0.440. The Bertz CT molecular complexity index is 937. The molecule has 33 heavy (non-hydrogen) atoms. The number of hydrogen-bond acceptors (Lipinski definition) is 6. The maximum atomic E-state index is 13.6. The first-order chi connectivity index (χ1) is 15.8. The summed E-state index contributed by atoms with van der Waals surface area (Å²) in [7, 11) is -7.50. The van der Waals surface area contributed by atoms with Crippen molar-refractivity contribution in [1.29, 1.82) is 0 Å². The van der Waals surface area contributed by atoms with E-state index in [1.807, 2.05) is 36.4 Å². The summed E-state index contributed by atoms with van der Waals surface area (Å²) in [4.78, 5) is 0. The monoisotopic (exact) mass is 494 g/mol. The van der Waals surface area contributed by atoms with Gasteiger partial charge in [0.2, 0.25) is 0 Å². The van der Waals surface area contributed by atoms with Crippen LogP contribution in [0.1, 0.15) is 45.2 Å². The summed E-state index contributed by atoms with van der Waals surface area (Å²) in [5.74, 6) is 0. The molecule has 0 aliphatic heterocycles. The lowest BCUT2D eigenvalue weighted by molar-refractivity contribution is 0.195. The van der Waals surface area contributed by atoms with E-state index in [2.05, 4.69) is 31.2 Å². The lowest BCUT2D eigenvalue weighted by Crippen LogP contribution is -2.17. The first-order valence-corrected chi connectivity index (χ1v) is 14.7. The van der Waals surface area contributed by atoms with Crippen molar-refractivity contribution in [3.63, 3.8) is 0 Å². The molecule has 0 radical (unpaired) electrons. The van der Waals surface area contributed by atoms with Gasteiger partial charge in [-0.15, -0.1) is 0 Å². The second-order valence-corrected chi connectivity index (χ2v) is 12.2. The van der Waals surface area contributed by atoms with Crippen molar-refractivity contribution < 1.29 is 27.2 Å². The number of rotatable bonds is 14. The molecule has 0 saturated carbocycles. The van der Waals surface area contributed by atoms with Gasteiger partial charge in [-0.1, -0.05) is 60.7 Å². The summed E-state index contributed by atoms with van der Waals surface area (Å²) in [6, 6.07) is 16.4. The number of aryl methyl sites for hydroxylation is 1. The van der Waals surface area contributed by atoms with E-state index in [4.69, 9.17) is 18.1 Å². The molecule has 2 rings (SSSR count). The van der Waals surface area contributed by atoms with Crippen LogP contribution in [-0.4, -0.2) is 31.8 Å². The topological polar surface area (TPSA) is 71.1 Å². The smallest absolute Gasteiger partial charge is 0.308 e. The molecule has 2 aromatic carbocycles. The molecule has 182 valence electrons. The average Bonchev–Trinajstić information content (AvgIpc) is 2.78. The molecule has 0 spiro atoms. The van der Waals surface area contributed by atoms with Crippen LogP contribution in [0.15, 0.2) is 54.6 Å². The molecule has 0 atom stereocenters. The molecule has 0 aliphatic rings. The summed E-state index contributed by atoms with van der Waals surface area (Å²) in [6.45, 7) is 9.63. The maximum Gasteiger partial charge on any atom is 0.346 e. The Balaban J connectivity index is 2.30. The van der Waals surface area contributed by atoms with E-state index >= 15 is 0 Å². The highest BCUT2D eigenvalue weighted by Crippen LogP contribution is 2.71. The highest BCUT2D eigenvalue weighted by Gasteiger charge is 2.49. The molecule has 0 aromatic heterocycles. The molecule has 0 saturated heterocycles. The summed E-state index contributed by atoms with van der Waals surface area (Å²) in [5.41, 5.74) is 4.51. The van der Waals surface area contributed by atoms with Gasteiger partial charge in [-0.05, 0) is 63.3 Å². The van der Waals surface area contributed by atoms with Crippen LogP contribution in [0.5, 0.6) is 0 Å². The third-order valence-electron chi connectivity index (χ3n) is 4.99. The van der Waals surface area contributed by atoms with E-state index in [-0.39, 0.29) is 32.8 Å². The van der Waals surface area contributed by atoms with Gasteiger partial charge in [0, 0.05) is 0 Å². The van der Waals surface area contributed by atoms with E-state index in [0.29, 0.717) is 0 Å². The second-order valence-electron chi connectivity index (χ2n) is 7.31. The van der Waals surface area contributed by atoms with E-state index in [1.54, 1.807) is 27.7 Å². The number of hydrogen-bond donors (Lipinski definition) is 0.